The smallest absolute Gasteiger partial charge is 0.123 e. The summed E-state index contributed by atoms with van der Waals surface area (Å²) in [5.74, 6) is -0.101. The summed E-state index contributed by atoms with van der Waals surface area (Å²) >= 11 is 0. The average molecular weight is 191 g/mol. The predicted molar refractivity (Wildman–Crippen MR) is 53.8 cm³/mol. The van der Waals surface area contributed by atoms with E-state index in [9.17, 15) is 4.39 Å². The molecule has 0 amide bonds. The second kappa shape index (κ2) is 2.80. The highest BCUT2D eigenvalue weighted by atomic mass is 19.1. The van der Waals surface area contributed by atoms with Crippen LogP contribution in [0.1, 0.15) is 24.0 Å². The lowest BCUT2D eigenvalue weighted by Crippen LogP contribution is -2.32. The minimum atomic E-state index is -0.101. The van der Waals surface area contributed by atoms with Crippen LogP contribution in [-0.2, 0) is 12.8 Å². The molecule has 1 heterocycles. The van der Waals surface area contributed by atoms with Crippen LogP contribution in [0, 0.1) is 5.82 Å². The summed E-state index contributed by atoms with van der Waals surface area (Å²) in [7, 11) is 0. The molecule has 0 saturated heterocycles. The Morgan fingerprint density at radius 3 is 2.86 bits per heavy atom. The molecular weight excluding hydrogens is 177 g/mol. The quantitative estimate of drug-likeness (QED) is 0.661. The lowest BCUT2D eigenvalue weighted by molar-refractivity contribution is 0.514. The van der Waals surface area contributed by atoms with Crippen LogP contribution in [0.4, 0.5) is 4.39 Å². The first-order chi connectivity index (χ1) is 6.77. The molecule has 2 heteroatoms. The van der Waals surface area contributed by atoms with Gasteiger partial charge < -0.3 is 5.32 Å². The fraction of sp³-hybridized carbons (Fsp3) is 0.500. The van der Waals surface area contributed by atoms with E-state index >= 15 is 0 Å². The van der Waals surface area contributed by atoms with Crippen molar-refractivity contribution in [2.75, 3.05) is 6.54 Å². The van der Waals surface area contributed by atoms with Crippen LogP contribution in [0.5, 0.6) is 0 Å². The van der Waals surface area contributed by atoms with Gasteiger partial charge in [-0.05, 0) is 55.5 Å². The Kier molecular flexibility index (Phi) is 1.68. The van der Waals surface area contributed by atoms with Crippen molar-refractivity contribution in [3.05, 3.63) is 35.1 Å². The second-order valence-corrected chi connectivity index (χ2v) is 4.55. The van der Waals surface area contributed by atoms with Crippen molar-refractivity contribution in [3.8, 4) is 0 Å². The fourth-order valence-corrected chi connectivity index (χ4v) is 2.39. The van der Waals surface area contributed by atoms with E-state index in [2.05, 4.69) is 5.32 Å². The van der Waals surface area contributed by atoms with E-state index in [1.165, 1.54) is 24.0 Å². The molecule has 74 valence electrons. The van der Waals surface area contributed by atoms with E-state index < -0.39 is 0 Å². The van der Waals surface area contributed by atoms with Crippen molar-refractivity contribution in [1.29, 1.82) is 0 Å². The lowest BCUT2D eigenvalue weighted by atomic mass is 9.99. The predicted octanol–water partition coefficient (Wildman–Crippen LogP) is 2.05. The highest BCUT2D eigenvalue weighted by molar-refractivity contribution is 5.33. The van der Waals surface area contributed by atoms with Gasteiger partial charge in [0.1, 0.15) is 5.82 Å². The molecule has 2 aliphatic rings. The summed E-state index contributed by atoms with van der Waals surface area (Å²) in [4.78, 5) is 0. The van der Waals surface area contributed by atoms with Gasteiger partial charge in [-0.2, -0.15) is 0 Å². The number of fused-ring (bicyclic) bond motifs is 1. The van der Waals surface area contributed by atoms with Crippen molar-refractivity contribution in [2.45, 2.75) is 31.2 Å². The number of rotatable bonds is 0. The molecule has 1 saturated carbocycles. The Hall–Kier alpha value is -0.890. The molecule has 1 fully saturated rings. The number of benzene rings is 1. The van der Waals surface area contributed by atoms with Gasteiger partial charge in [-0.3, -0.25) is 0 Å². The first-order valence-corrected chi connectivity index (χ1v) is 5.30. The summed E-state index contributed by atoms with van der Waals surface area (Å²) in [6.45, 7) is 0.996. The monoisotopic (exact) mass is 191 g/mol. The van der Waals surface area contributed by atoms with E-state index in [0.29, 0.717) is 5.54 Å². The minimum Gasteiger partial charge on any atom is -0.311 e. The summed E-state index contributed by atoms with van der Waals surface area (Å²) < 4.78 is 13.0. The highest BCUT2D eigenvalue weighted by Crippen LogP contribution is 2.40. The maximum absolute atomic E-state index is 13.0. The zero-order chi connectivity index (χ0) is 9.60. The van der Waals surface area contributed by atoms with Gasteiger partial charge in [0.25, 0.3) is 0 Å². The van der Waals surface area contributed by atoms with E-state index in [1.54, 1.807) is 12.1 Å². The summed E-state index contributed by atoms with van der Waals surface area (Å²) in [5, 5.41) is 3.58. The molecular formula is C12H14FN. The summed E-state index contributed by atoms with van der Waals surface area (Å²) in [6.07, 6.45) is 4.62. The second-order valence-electron chi connectivity index (χ2n) is 4.55. The topological polar surface area (TPSA) is 12.0 Å². The van der Waals surface area contributed by atoms with Gasteiger partial charge >= 0.3 is 0 Å². The van der Waals surface area contributed by atoms with Gasteiger partial charge in [-0.15, -0.1) is 0 Å². The third-order valence-corrected chi connectivity index (χ3v) is 3.45. The standard InChI is InChI=1S/C12H14FN/c13-11-2-1-10-8-12(4-5-12)14-6-3-9(10)7-11/h1-2,7,14H,3-6,8H2. The van der Waals surface area contributed by atoms with Crippen molar-refractivity contribution < 1.29 is 4.39 Å². The lowest BCUT2D eigenvalue weighted by Gasteiger charge is -2.13. The Morgan fingerprint density at radius 2 is 2.07 bits per heavy atom. The van der Waals surface area contributed by atoms with Gasteiger partial charge in [0.15, 0.2) is 0 Å². The molecule has 1 aliphatic carbocycles. The van der Waals surface area contributed by atoms with Crippen LogP contribution in [0.25, 0.3) is 0 Å². The van der Waals surface area contributed by atoms with Crippen molar-refractivity contribution in [2.24, 2.45) is 0 Å². The maximum Gasteiger partial charge on any atom is 0.123 e. The van der Waals surface area contributed by atoms with Crippen molar-refractivity contribution >= 4 is 0 Å². The van der Waals surface area contributed by atoms with E-state index in [4.69, 9.17) is 0 Å². The Labute approximate surface area is 83.3 Å². The number of hydrogen-bond donors (Lipinski definition) is 1. The van der Waals surface area contributed by atoms with Crippen LogP contribution in [0.2, 0.25) is 0 Å². The van der Waals surface area contributed by atoms with Crippen LogP contribution < -0.4 is 5.32 Å². The van der Waals surface area contributed by atoms with E-state index in [-0.39, 0.29) is 5.82 Å². The Bertz CT molecular complexity index is 369. The largest absolute Gasteiger partial charge is 0.311 e. The maximum atomic E-state index is 13.0. The Balaban J connectivity index is 1.99. The minimum absolute atomic E-state index is 0.101. The molecule has 0 bridgehead atoms. The SMILES string of the molecule is Fc1ccc2c(c1)CCNC1(CC1)C2. The van der Waals surface area contributed by atoms with Crippen molar-refractivity contribution in [1.82, 2.24) is 5.32 Å². The molecule has 1 N–H and O–H groups in total. The molecule has 1 aliphatic heterocycles. The van der Waals surface area contributed by atoms with E-state index in [1.807, 2.05) is 6.07 Å². The Morgan fingerprint density at radius 1 is 1.21 bits per heavy atom. The van der Waals surface area contributed by atoms with Crippen molar-refractivity contribution in [3.63, 3.8) is 0 Å². The fourth-order valence-electron chi connectivity index (χ4n) is 2.39. The molecule has 14 heavy (non-hydrogen) atoms. The van der Waals surface area contributed by atoms with Gasteiger partial charge in [-0.1, -0.05) is 6.07 Å². The zero-order valence-electron chi connectivity index (χ0n) is 8.15. The van der Waals surface area contributed by atoms with Gasteiger partial charge in [0.2, 0.25) is 0 Å². The van der Waals surface area contributed by atoms with Crippen LogP contribution in [0.3, 0.4) is 0 Å². The normalized spacial score (nSPS) is 22.9. The molecule has 1 spiro atoms. The first kappa shape index (κ1) is 8.42. The van der Waals surface area contributed by atoms with E-state index in [0.717, 1.165) is 19.4 Å². The van der Waals surface area contributed by atoms with Gasteiger partial charge in [0, 0.05) is 5.54 Å². The summed E-state index contributed by atoms with van der Waals surface area (Å²) in [5.41, 5.74) is 2.92. The highest BCUT2D eigenvalue weighted by Gasteiger charge is 2.43. The molecule has 1 aromatic rings. The molecule has 0 radical (unpaired) electrons. The average Bonchev–Trinajstić information content (AvgIpc) is 2.93. The van der Waals surface area contributed by atoms with Crippen LogP contribution in [-0.4, -0.2) is 12.1 Å². The molecule has 0 unspecified atom stereocenters. The van der Waals surface area contributed by atoms with Crippen LogP contribution in [0.15, 0.2) is 18.2 Å². The molecule has 0 aromatic heterocycles. The number of nitrogens with one attached hydrogen (secondary N) is 1. The van der Waals surface area contributed by atoms with Crippen LogP contribution >= 0.6 is 0 Å². The van der Waals surface area contributed by atoms with Gasteiger partial charge in [-0.25, -0.2) is 4.39 Å². The molecule has 1 nitrogen and oxygen atoms in total. The molecule has 1 aromatic carbocycles. The molecule has 3 rings (SSSR count). The third-order valence-electron chi connectivity index (χ3n) is 3.45. The molecule has 0 atom stereocenters. The number of hydrogen-bond acceptors (Lipinski definition) is 1. The van der Waals surface area contributed by atoms with Gasteiger partial charge in [0.05, 0.1) is 0 Å². The third kappa shape index (κ3) is 1.34. The zero-order valence-corrected chi connectivity index (χ0v) is 8.15. The first-order valence-electron chi connectivity index (χ1n) is 5.30. The summed E-state index contributed by atoms with van der Waals surface area (Å²) in [6, 6.07) is 5.23. The number of halogens is 1.